The van der Waals surface area contributed by atoms with Crippen LogP contribution in [0.4, 0.5) is 0 Å². The first kappa shape index (κ1) is 19.4. The molecule has 2 rings (SSSR count). The Hall–Kier alpha value is -1.88. The Bertz CT molecular complexity index is 559. The minimum absolute atomic E-state index is 0.00109. The molecular weight excluding hydrogens is 316 g/mol. The van der Waals surface area contributed by atoms with Crippen molar-refractivity contribution in [1.29, 1.82) is 0 Å². The zero-order chi connectivity index (χ0) is 18.2. The summed E-state index contributed by atoms with van der Waals surface area (Å²) in [5.74, 6) is 0.433. The normalized spacial score (nSPS) is 18.9. The molecule has 2 amide bonds. The zero-order valence-electron chi connectivity index (χ0n) is 15.3. The zero-order valence-corrected chi connectivity index (χ0v) is 15.3. The van der Waals surface area contributed by atoms with Gasteiger partial charge in [-0.25, -0.2) is 0 Å². The summed E-state index contributed by atoms with van der Waals surface area (Å²) in [5.41, 5.74) is 0.905. The van der Waals surface area contributed by atoms with Crippen LogP contribution in [0.3, 0.4) is 0 Å². The van der Waals surface area contributed by atoms with E-state index in [9.17, 15) is 14.7 Å². The summed E-state index contributed by atoms with van der Waals surface area (Å²) >= 11 is 0. The van der Waals surface area contributed by atoms with E-state index in [0.29, 0.717) is 31.8 Å². The fourth-order valence-electron chi connectivity index (χ4n) is 3.33. The van der Waals surface area contributed by atoms with Gasteiger partial charge in [-0.05, 0) is 24.3 Å². The summed E-state index contributed by atoms with van der Waals surface area (Å²) in [5, 5.41) is 13.4. The maximum Gasteiger partial charge on any atom is 0.224 e. The molecule has 1 fully saturated rings. The Labute approximate surface area is 150 Å². The third-order valence-electron chi connectivity index (χ3n) is 4.65. The van der Waals surface area contributed by atoms with E-state index in [0.717, 1.165) is 24.9 Å². The van der Waals surface area contributed by atoms with E-state index in [4.69, 9.17) is 0 Å². The lowest BCUT2D eigenvalue weighted by atomic mass is 9.88. The molecule has 5 heteroatoms. The first-order valence-corrected chi connectivity index (χ1v) is 9.25. The van der Waals surface area contributed by atoms with Crippen LogP contribution in [-0.2, 0) is 9.59 Å². The lowest BCUT2D eigenvalue weighted by Gasteiger charge is -2.35. The second kappa shape index (κ2) is 9.56. The molecule has 2 N–H and O–H groups in total. The summed E-state index contributed by atoms with van der Waals surface area (Å²) in [6.07, 6.45) is 2.09. The summed E-state index contributed by atoms with van der Waals surface area (Å²) in [6.45, 7) is 5.69. The first-order chi connectivity index (χ1) is 12.0. The predicted molar refractivity (Wildman–Crippen MR) is 97.8 cm³/mol. The SMILES string of the molecule is CC(C)CC(=O)NCCC(=O)N1CCCC(C(O)c2ccccc2)C1. The molecule has 0 bridgehead atoms. The molecule has 25 heavy (non-hydrogen) atoms. The molecular formula is C20H30N2O3. The van der Waals surface area contributed by atoms with E-state index in [1.807, 2.05) is 49.1 Å². The summed E-state index contributed by atoms with van der Waals surface area (Å²) < 4.78 is 0. The predicted octanol–water partition coefficient (Wildman–Crippen LogP) is 2.51. The van der Waals surface area contributed by atoms with Crippen molar-refractivity contribution < 1.29 is 14.7 Å². The van der Waals surface area contributed by atoms with E-state index < -0.39 is 6.10 Å². The van der Waals surface area contributed by atoms with Crippen LogP contribution in [0.25, 0.3) is 0 Å². The van der Waals surface area contributed by atoms with Gasteiger partial charge in [-0.2, -0.15) is 0 Å². The van der Waals surface area contributed by atoms with Gasteiger partial charge in [-0.3, -0.25) is 9.59 Å². The highest BCUT2D eigenvalue weighted by Gasteiger charge is 2.29. The van der Waals surface area contributed by atoms with Gasteiger partial charge in [-0.15, -0.1) is 0 Å². The Balaban J connectivity index is 1.80. The van der Waals surface area contributed by atoms with Crippen molar-refractivity contribution >= 4 is 11.8 Å². The molecule has 1 aliphatic heterocycles. The van der Waals surface area contributed by atoms with Crippen molar-refractivity contribution in [2.45, 2.75) is 45.6 Å². The summed E-state index contributed by atoms with van der Waals surface area (Å²) in [7, 11) is 0. The fourth-order valence-corrected chi connectivity index (χ4v) is 3.33. The molecule has 1 heterocycles. The molecule has 1 aromatic rings. The molecule has 2 atom stereocenters. The minimum atomic E-state index is -0.539. The van der Waals surface area contributed by atoms with Crippen LogP contribution < -0.4 is 5.32 Å². The smallest absolute Gasteiger partial charge is 0.224 e. The number of likely N-dealkylation sites (tertiary alicyclic amines) is 1. The summed E-state index contributed by atoms with van der Waals surface area (Å²) in [6, 6.07) is 9.63. The van der Waals surface area contributed by atoms with Gasteiger partial charge in [0.15, 0.2) is 0 Å². The van der Waals surface area contributed by atoms with E-state index in [-0.39, 0.29) is 17.7 Å². The third kappa shape index (κ3) is 6.16. The van der Waals surface area contributed by atoms with Gasteiger partial charge in [-0.1, -0.05) is 44.2 Å². The Morgan fingerprint density at radius 1 is 1.28 bits per heavy atom. The van der Waals surface area contributed by atoms with E-state index in [1.165, 1.54) is 0 Å². The van der Waals surface area contributed by atoms with Crippen LogP contribution in [0.5, 0.6) is 0 Å². The standard InChI is InChI=1S/C20H30N2O3/c1-15(2)13-18(23)21-11-10-19(24)22-12-6-9-17(14-22)20(25)16-7-4-3-5-8-16/h3-5,7-8,15,17,20,25H,6,9-14H2,1-2H3,(H,21,23). The molecule has 0 aliphatic carbocycles. The lowest BCUT2D eigenvalue weighted by Crippen LogP contribution is -2.42. The van der Waals surface area contributed by atoms with Crippen molar-refractivity contribution in [3.05, 3.63) is 35.9 Å². The number of rotatable bonds is 7. The number of hydrogen-bond donors (Lipinski definition) is 2. The molecule has 138 valence electrons. The van der Waals surface area contributed by atoms with Crippen LogP contribution >= 0.6 is 0 Å². The highest BCUT2D eigenvalue weighted by atomic mass is 16.3. The lowest BCUT2D eigenvalue weighted by molar-refractivity contribution is -0.134. The van der Waals surface area contributed by atoms with Gasteiger partial charge < -0.3 is 15.3 Å². The quantitative estimate of drug-likeness (QED) is 0.797. The molecule has 0 spiro atoms. The Kier molecular flexibility index (Phi) is 7.44. The van der Waals surface area contributed by atoms with Gasteiger partial charge in [0.1, 0.15) is 0 Å². The van der Waals surface area contributed by atoms with Gasteiger partial charge in [0.2, 0.25) is 11.8 Å². The van der Waals surface area contributed by atoms with Crippen LogP contribution in [0, 0.1) is 11.8 Å². The number of aliphatic hydroxyl groups is 1. The average Bonchev–Trinajstić information content (AvgIpc) is 2.61. The molecule has 2 unspecified atom stereocenters. The van der Waals surface area contributed by atoms with Crippen molar-refractivity contribution in [3.8, 4) is 0 Å². The van der Waals surface area contributed by atoms with Crippen molar-refractivity contribution in [2.75, 3.05) is 19.6 Å². The van der Waals surface area contributed by atoms with Gasteiger partial charge >= 0.3 is 0 Å². The molecule has 0 aromatic heterocycles. The minimum Gasteiger partial charge on any atom is -0.388 e. The van der Waals surface area contributed by atoms with Crippen molar-refractivity contribution in [1.82, 2.24) is 10.2 Å². The largest absolute Gasteiger partial charge is 0.388 e. The maximum absolute atomic E-state index is 12.4. The third-order valence-corrected chi connectivity index (χ3v) is 4.65. The number of nitrogens with one attached hydrogen (secondary N) is 1. The van der Waals surface area contributed by atoms with Crippen LogP contribution in [0.2, 0.25) is 0 Å². The molecule has 5 nitrogen and oxygen atoms in total. The van der Waals surface area contributed by atoms with Crippen LogP contribution in [-0.4, -0.2) is 41.5 Å². The van der Waals surface area contributed by atoms with E-state index in [1.54, 1.807) is 0 Å². The number of carbonyl (C=O) groups excluding carboxylic acids is 2. The van der Waals surface area contributed by atoms with Crippen molar-refractivity contribution in [2.24, 2.45) is 11.8 Å². The van der Waals surface area contributed by atoms with E-state index in [2.05, 4.69) is 5.32 Å². The number of benzene rings is 1. The highest BCUT2D eigenvalue weighted by Crippen LogP contribution is 2.29. The maximum atomic E-state index is 12.4. The Morgan fingerprint density at radius 2 is 2.00 bits per heavy atom. The van der Waals surface area contributed by atoms with Gasteiger partial charge in [0.25, 0.3) is 0 Å². The van der Waals surface area contributed by atoms with Crippen LogP contribution in [0.15, 0.2) is 30.3 Å². The van der Waals surface area contributed by atoms with Gasteiger partial charge in [0, 0.05) is 38.4 Å². The number of hydrogen-bond acceptors (Lipinski definition) is 3. The number of piperidine rings is 1. The molecule has 1 saturated heterocycles. The monoisotopic (exact) mass is 346 g/mol. The topological polar surface area (TPSA) is 69.6 Å². The van der Waals surface area contributed by atoms with Crippen LogP contribution in [0.1, 0.15) is 51.2 Å². The second-order valence-corrected chi connectivity index (χ2v) is 7.30. The summed E-state index contributed by atoms with van der Waals surface area (Å²) in [4.78, 5) is 25.9. The second-order valence-electron chi connectivity index (χ2n) is 7.30. The van der Waals surface area contributed by atoms with Crippen molar-refractivity contribution in [3.63, 3.8) is 0 Å². The first-order valence-electron chi connectivity index (χ1n) is 9.25. The number of aliphatic hydroxyl groups excluding tert-OH is 1. The van der Waals surface area contributed by atoms with Gasteiger partial charge in [0.05, 0.1) is 6.10 Å². The molecule has 1 aliphatic rings. The molecule has 0 saturated carbocycles. The molecule has 1 aromatic carbocycles. The molecule has 0 radical (unpaired) electrons. The highest BCUT2D eigenvalue weighted by molar-refractivity contribution is 5.79. The Morgan fingerprint density at radius 3 is 2.68 bits per heavy atom. The number of carbonyl (C=O) groups is 2. The average molecular weight is 346 g/mol. The number of nitrogens with zero attached hydrogens (tertiary/aromatic N) is 1. The fraction of sp³-hybridized carbons (Fsp3) is 0.600. The number of amides is 2. The van der Waals surface area contributed by atoms with E-state index >= 15 is 0 Å².